The maximum absolute atomic E-state index is 11.1. The van der Waals surface area contributed by atoms with Crippen molar-refractivity contribution in [3.8, 4) is 0 Å². The molecule has 0 fully saturated rings. The molecular formula is C3H6FLiO5S. The maximum atomic E-state index is 11.1. The summed E-state index contributed by atoms with van der Waals surface area (Å²) in [5, 5.41) is 0. The fourth-order valence-corrected chi connectivity index (χ4v) is 0.522. The van der Waals surface area contributed by atoms with Crippen LogP contribution in [0.25, 0.3) is 0 Å². The third kappa shape index (κ3) is 13.4. The van der Waals surface area contributed by atoms with E-state index in [2.05, 4.69) is 8.92 Å². The zero-order valence-electron chi connectivity index (χ0n) is 5.95. The van der Waals surface area contributed by atoms with Gasteiger partial charge in [-0.05, 0) is 0 Å². The van der Waals surface area contributed by atoms with E-state index >= 15 is 0 Å². The summed E-state index contributed by atoms with van der Waals surface area (Å²) in [6, 6.07) is 0. The maximum Gasteiger partial charge on any atom is 1.00 e. The molecule has 0 saturated heterocycles. The first-order valence-electron chi connectivity index (χ1n) is 2.30. The van der Waals surface area contributed by atoms with E-state index in [9.17, 15) is 17.4 Å². The van der Waals surface area contributed by atoms with Crippen LogP contribution in [0.1, 0.15) is 0 Å². The van der Waals surface area contributed by atoms with E-state index in [1.54, 1.807) is 0 Å². The van der Waals surface area contributed by atoms with Crippen LogP contribution < -0.4 is 18.9 Å². The first-order valence-corrected chi connectivity index (χ1v) is 3.63. The minimum Gasteiger partial charge on any atom is -0.726 e. The minimum atomic E-state index is -4.66. The third-order valence-corrected chi connectivity index (χ3v) is 0.988. The van der Waals surface area contributed by atoms with Crippen molar-refractivity contribution in [2.24, 2.45) is 0 Å². The normalized spacial score (nSPS) is 10.7. The molecule has 0 heterocycles. The molecule has 0 aromatic heterocycles. The van der Waals surface area contributed by atoms with E-state index < -0.39 is 23.9 Å². The molecule has 0 unspecified atom stereocenters. The number of halogens is 1. The van der Waals surface area contributed by atoms with Crippen molar-refractivity contribution in [2.75, 3.05) is 20.1 Å². The van der Waals surface area contributed by atoms with Crippen molar-refractivity contribution >= 4 is 10.4 Å². The van der Waals surface area contributed by atoms with Crippen LogP contribution in [0.2, 0.25) is 0 Å². The Morgan fingerprint density at radius 3 is 2.27 bits per heavy atom. The Kier molecular flexibility index (Phi) is 8.89. The summed E-state index contributed by atoms with van der Waals surface area (Å²) in [5.74, 6) is 0. The van der Waals surface area contributed by atoms with Gasteiger partial charge in [-0.15, -0.1) is 0 Å². The van der Waals surface area contributed by atoms with Crippen LogP contribution in [0.3, 0.4) is 0 Å². The van der Waals surface area contributed by atoms with E-state index in [1.807, 2.05) is 0 Å². The molecule has 0 aromatic carbocycles. The van der Waals surface area contributed by atoms with Gasteiger partial charge >= 0.3 is 18.9 Å². The molecule has 62 valence electrons. The van der Waals surface area contributed by atoms with Crippen molar-refractivity contribution in [1.29, 1.82) is 0 Å². The fourth-order valence-electron chi connectivity index (χ4n) is 0.250. The number of ether oxygens (including phenoxy) is 1. The summed E-state index contributed by atoms with van der Waals surface area (Å²) in [7, 11) is -4.66. The zero-order chi connectivity index (χ0) is 8.04. The van der Waals surface area contributed by atoms with Gasteiger partial charge < -0.3 is 9.29 Å². The Balaban J connectivity index is 0. The van der Waals surface area contributed by atoms with E-state index in [0.717, 1.165) is 0 Å². The van der Waals surface area contributed by atoms with Crippen LogP contribution in [0, 0.1) is 0 Å². The Morgan fingerprint density at radius 1 is 1.36 bits per heavy atom. The Morgan fingerprint density at radius 2 is 1.91 bits per heavy atom. The second-order valence-electron chi connectivity index (χ2n) is 1.25. The van der Waals surface area contributed by atoms with Crippen LogP contribution in [0.5, 0.6) is 0 Å². The SMILES string of the molecule is O=S(=O)([O-])OCCOCF.[Li+]. The number of hydrogen-bond acceptors (Lipinski definition) is 5. The second-order valence-corrected chi connectivity index (χ2v) is 2.30. The number of rotatable bonds is 5. The Bertz CT molecular complexity index is 169. The standard InChI is InChI=1S/C3H7FO5S.Li/c4-3-8-1-2-9-10(5,6)7;/h1-3H2,(H,5,6,7);/q;+1/p-1. The zero-order valence-corrected chi connectivity index (χ0v) is 6.77. The van der Waals surface area contributed by atoms with Gasteiger partial charge in [-0.1, -0.05) is 0 Å². The van der Waals surface area contributed by atoms with Crippen molar-refractivity contribution in [1.82, 2.24) is 0 Å². The molecule has 5 nitrogen and oxygen atoms in total. The molecule has 8 heteroatoms. The van der Waals surface area contributed by atoms with Gasteiger partial charge in [0, 0.05) is 0 Å². The van der Waals surface area contributed by atoms with Gasteiger partial charge in [-0.2, -0.15) is 0 Å². The molecule has 0 amide bonds. The van der Waals surface area contributed by atoms with Gasteiger partial charge in [0.05, 0.1) is 13.2 Å². The van der Waals surface area contributed by atoms with Gasteiger partial charge in [0.1, 0.15) is 0 Å². The van der Waals surface area contributed by atoms with Gasteiger partial charge in [0.15, 0.2) is 6.86 Å². The van der Waals surface area contributed by atoms with Gasteiger partial charge in [0.2, 0.25) is 10.4 Å². The summed E-state index contributed by atoms with van der Waals surface area (Å²) < 4.78 is 47.8. The molecule has 0 saturated carbocycles. The average molecular weight is 180 g/mol. The van der Waals surface area contributed by atoms with Crippen LogP contribution in [0.15, 0.2) is 0 Å². The summed E-state index contributed by atoms with van der Waals surface area (Å²) in [5.41, 5.74) is 0. The number of hydrogen-bond donors (Lipinski definition) is 0. The molecule has 11 heavy (non-hydrogen) atoms. The number of alkyl halides is 1. The smallest absolute Gasteiger partial charge is 0.726 e. The van der Waals surface area contributed by atoms with Crippen molar-refractivity contribution < 1.29 is 45.1 Å². The largest absolute Gasteiger partial charge is 1.00 e. The molecule has 0 bridgehead atoms. The van der Waals surface area contributed by atoms with E-state index in [0.29, 0.717) is 0 Å². The van der Waals surface area contributed by atoms with Crippen LogP contribution in [0.4, 0.5) is 4.39 Å². The summed E-state index contributed by atoms with van der Waals surface area (Å²) >= 11 is 0. The Labute approximate surface area is 76.0 Å². The van der Waals surface area contributed by atoms with E-state index in [4.69, 9.17) is 0 Å². The molecule has 0 aliphatic carbocycles. The summed E-state index contributed by atoms with van der Waals surface area (Å²) in [4.78, 5) is 0. The van der Waals surface area contributed by atoms with Crippen LogP contribution in [-0.2, 0) is 19.3 Å². The van der Waals surface area contributed by atoms with Crippen molar-refractivity contribution in [3.05, 3.63) is 0 Å². The molecule has 0 aromatic rings. The predicted octanol–water partition coefficient (Wildman–Crippen LogP) is -3.59. The quantitative estimate of drug-likeness (QED) is 0.189. The van der Waals surface area contributed by atoms with E-state index in [1.165, 1.54) is 0 Å². The Hall–Kier alpha value is 0.357. The summed E-state index contributed by atoms with van der Waals surface area (Å²) in [6.07, 6.45) is 0. The molecule has 0 N–H and O–H groups in total. The van der Waals surface area contributed by atoms with Crippen molar-refractivity contribution in [3.63, 3.8) is 0 Å². The predicted molar refractivity (Wildman–Crippen MR) is 27.6 cm³/mol. The van der Waals surface area contributed by atoms with Gasteiger partial charge in [-0.25, -0.2) is 12.8 Å². The minimum absolute atomic E-state index is 0. The van der Waals surface area contributed by atoms with Gasteiger partial charge in [-0.3, -0.25) is 4.18 Å². The molecule has 0 spiro atoms. The van der Waals surface area contributed by atoms with Crippen LogP contribution in [-0.4, -0.2) is 33.0 Å². The van der Waals surface area contributed by atoms with Gasteiger partial charge in [0.25, 0.3) is 0 Å². The fraction of sp³-hybridized carbons (Fsp3) is 1.00. The molecule has 0 aliphatic rings. The third-order valence-electron chi connectivity index (χ3n) is 0.532. The average Bonchev–Trinajstić information content (AvgIpc) is 1.78. The second kappa shape index (κ2) is 7.03. The molecule has 0 aliphatic heterocycles. The topological polar surface area (TPSA) is 75.7 Å². The first-order chi connectivity index (χ1) is 4.56. The molecule has 0 rings (SSSR count). The molecular weight excluding hydrogens is 174 g/mol. The van der Waals surface area contributed by atoms with Crippen LogP contribution >= 0.6 is 0 Å². The monoisotopic (exact) mass is 180 g/mol. The van der Waals surface area contributed by atoms with E-state index in [-0.39, 0.29) is 25.5 Å². The summed E-state index contributed by atoms with van der Waals surface area (Å²) in [6.45, 7) is -1.73. The first kappa shape index (κ1) is 13.9. The molecule has 0 atom stereocenters. The van der Waals surface area contributed by atoms with Crippen molar-refractivity contribution in [2.45, 2.75) is 0 Å². The molecule has 0 radical (unpaired) electrons.